The number of ether oxygens (including phenoxy) is 1. The molecule has 1 aliphatic carbocycles. The maximum Gasteiger partial charge on any atom is 0.151 e. The molecular formula is C13H18F2N2O. The lowest BCUT2D eigenvalue weighted by Crippen LogP contribution is -2.25. The zero-order chi connectivity index (χ0) is 13.1. The smallest absolute Gasteiger partial charge is 0.151 e. The third-order valence-corrected chi connectivity index (χ3v) is 3.04. The van der Waals surface area contributed by atoms with Gasteiger partial charge in [-0.25, -0.2) is 8.78 Å². The molecular weight excluding hydrogens is 238 g/mol. The van der Waals surface area contributed by atoms with Gasteiger partial charge in [-0.3, -0.25) is 0 Å². The van der Waals surface area contributed by atoms with Crippen LogP contribution in [0.4, 0.5) is 20.2 Å². The first-order valence-corrected chi connectivity index (χ1v) is 6.11. The zero-order valence-corrected chi connectivity index (χ0v) is 10.5. The lowest BCUT2D eigenvalue weighted by Gasteiger charge is -2.20. The van der Waals surface area contributed by atoms with Crippen LogP contribution < -0.4 is 10.6 Å². The number of hydrogen-bond donors (Lipinski definition) is 1. The normalized spacial score (nSPS) is 14.8. The summed E-state index contributed by atoms with van der Waals surface area (Å²) in [6.07, 6.45) is 2.47. The fraction of sp³-hybridized carbons (Fsp3) is 0.538. The molecule has 0 unspecified atom stereocenters. The molecule has 0 bridgehead atoms. The van der Waals surface area contributed by atoms with Crippen molar-refractivity contribution in [3.8, 4) is 0 Å². The molecule has 1 aliphatic rings. The molecule has 2 rings (SSSR count). The van der Waals surface area contributed by atoms with Gasteiger partial charge in [0.15, 0.2) is 11.6 Å². The third-order valence-electron chi connectivity index (χ3n) is 3.04. The van der Waals surface area contributed by atoms with Gasteiger partial charge >= 0.3 is 0 Å². The molecule has 1 aromatic rings. The minimum Gasteiger partial charge on any atom is -0.399 e. The largest absolute Gasteiger partial charge is 0.399 e. The average molecular weight is 256 g/mol. The van der Waals surface area contributed by atoms with Crippen LogP contribution >= 0.6 is 0 Å². The Labute approximate surface area is 106 Å². The molecule has 1 fully saturated rings. The Morgan fingerprint density at radius 1 is 1.33 bits per heavy atom. The van der Waals surface area contributed by atoms with Crippen LogP contribution in [0.5, 0.6) is 0 Å². The number of nitrogens with zero attached hydrogens (tertiary/aromatic N) is 1. The first kappa shape index (κ1) is 13.1. The summed E-state index contributed by atoms with van der Waals surface area (Å²) >= 11 is 0. The summed E-state index contributed by atoms with van der Waals surface area (Å²) in [7, 11) is 1.64. The van der Waals surface area contributed by atoms with Crippen molar-refractivity contribution in [2.45, 2.75) is 12.8 Å². The quantitative estimate of drug-likeness (QED) is 0.627. The Morgan fingerprint density at radius 2 is 1.94 bits per heavy atom. The molecule has 18 heavy (non-hydrogen) atoms. The van der Waals surface area contributed by atoms with E-state index < -0.39 is 11.6 Å². The van der Waals surface area contributed by atoms with Crippen LogP contribution in [0.2, 0.25) is 0 Å². The number of rotatable bonds is 6. The van der Waals surface area contributed by atoms with Crippen molar-refractivity contribution in [3.05, 3.63) is 23.8 Å². The van der Waals surface area contributed by atoms with Gasteiger partial charge in [0.25, 0.3) is 0 Å². The third kappa shape index (κ3) is 3.32. The summed E-state index contributed by atoms with van der Waals surface area (Å²) < 4.78 is 32.7. The highest BCUT2D eigenvalue weighted by molar-refractivity contribution is 5.55. The van der Waals surface area contributed by atoms with E-state index in [9.17, 15) is 8.78 Å². The first-order chi connectivity index (χ1) is 8.58. The highest BCUT2D eigenvalue weighted by atomic mass is 19.1. The van der Waals surface area contributed by atoms with E-state index in [1.807, 2.05) is 0 Å². The standard InChI is InChI=1S/C13H18F2N2O/c1-17(4-5-18-8-9-2-3-9)13-11(14)6-10(16)7-12(13)15/h6-7,9H,2-5,8,16H2,1H3. The summed E-state index contributed by atoms with van der Waals surface area (Å²) in [6, 6.07) is 2.25. The van der Waals surface area contributed by atoms with E-state index >= 15 is 0 Å². The SMILES string of the molecule is CN(CCOCC1CC1)c1c(F)cc(N)cc1F. The van der Waals surface area contributed by atoms with Gasteiger partial charge in [0.1, 0.15) is 5.69 Å². The number of hydrogen-bond acceptors (Lipinski definition) is 3. The van der Waals surface area contributed by atoms with Crippen LogP contribution in [-0.4, -0.2) is 26.8 Å². The van der Waals surface area contributed by atoms with Crippen LogP contribution in [0.1, 0.15) is 12.8 Å². The Kier molecular flexibility index (Phi) is 4.01. The average Bonchev–Trinajstić information content (AvgIpc) is 3.06. The summed E-state index contributed by atoms with van der Waals surface area (Å²) in [5.74, 6) is -0.588. The van der Waals surface area contributed by atoms with Crippen molar-refractivity contribution >= 4 is 11.4 Å². The molecule has 0 heterocycles. The van der Waals surface area contributed by atoms with E-state index in [4.69, 9.17) is 10.5 Å². The monoisotopic (exact) mass is 256 g/mol. The number of benzene rings is 1. The summed E-state index contributed by atoms with van der Waals surface area (Å²) in [5.41, 5.74) is 5.40. The minimum absolute atomic E-state index is 0.0563. The Bertz CT molecular complexity index is 398. The molecule has 5 heteroatoms. The molecule has 0 aromatic heterocycles. The van der Waals surface area contributed by atoms with Gasteiger partial charge < -0.3 is 15.4 Å². The van der Waals surface area contributed by atoms with Crippen LogP contribution in [-0.2, 0) is 4.74 Å². The van der Waals surface area contributed by atoms with Gasteiger partial charge in [-0.2, -0.15) is 0 Å². The summed E-state index contributed by atoms with van der Waals surface area (Å²) in [6.45, 7) is 1.67. The van der Waals surface area contributed by atoms with E-state index in [0.717, 1.165) is 18.7 Å². The second kappa shape index (κ2) is 5.52. The summed E-state index contributed by atoms with van der Waals surface area (Å²) in [5, 5.41) is 0. The van der Waals surface area contributed by atoms with Crippen LogP contribution in [0.25, 0.3) is 0 Å². The minimum atomic E-state index is -0.641. The van der Waals surface area contributed by atoms with Crippen molar-refractivity contribution in [2.75, 3.05) is 37.4 Å². The van der Waals surface area contributed by atoms with Crippen molar-refractivity contribution < 1.29 is 13.5 Å². The number of likely N-dealkylation sites (N-methyl/N-ethyl adjacent to an activating group) is 1. The lowest BCUT2D eigenvalue weighted by atomic mass is 10.2. The predicted octanol–water partition coefficient (Wildman–Crippen LogP) is 2.41. The van der Waals surface area contributed by atoms with Crippen molar-refractivity contribution in [1.29, 1.82) is 0 Å². The number of nitrogens with two attached hydrogens (primary N) is 1. The number of halogens is 2. The fourth-order valence-electron chi connectivity index (χ4n) is 1.80. The van der Waals surface area contributed by atoms with Gasteiger partial charge in [-0.1, -0.05) is 0 Å². The van der Waals surface area contributed by atoms with E-state index in [-0.39, 0.29) is 11.4 Å². The van der Waals surface area contributed by atoms with Crippen molar-refractivity contribution in [2.24, 2.45) is 5.92 Å². The highest BCUT2D eigenvalue weighted by Crippen LogP contribution is 2.29. The second-order valence-electron chi connectivity index (χ2n) is 4.77. The molecule has 0 spiro atoms. The van der Waals surface area contributed by atoms with Crippen molar-refractivity contribution in [1.82, 2.24) is 0 Å². The summed E-state index contributed by atoms with van der Waals surface area (Å²) in [4.78, 5) is 1.51. The Balaban J connectivity index is 1.88. The van der Waals surface area contributed by atoms with E-state index in [1.54, 1.807) is 7.05 Å². The van der Waals surface area contributed by atoms with E-state index in [1.165, 1.54) is 17.7 Å². The van der Waals surface area contributed by atoms with Crippen LogP contribution in [0, 0.1) is 17.6 Å². The van der Waals surface area contributed by atoms with Gasteiger partial charge in [0, 0.05) is 25.9 Å². The second-order valence-corrected chi connectivity index (χ2v) is 4.77. The fourth-order valence-corrected chi connectivity index (χ4v) is 1.80. The molecule has 0 saturated heterocycles. The molecule has 100 valence electrons. The predicted molar refractivity (Wildman–Crippen MR) is 67.6 cm³/mol. The highest BCUT2D eigenvalue weighted by Gasteiger charge is 2.21. The van der Waals surface area contributed by atoms with Crippen molar-refractivity contribution in [3.63, 3.8) is 0 Å². The van der Waals surface area contributed by atoms with Gasteiger partial charge in [-0.05, 0) is 30.9 Å². The molecule has 0 aliphatic heterocycles. The van der Waals surface area contributed by atoms with Gasteiger partial charge in [-0.15, -0.1) is 0 Å². The van der Waals surface area contributed by atoms with Gasteiger partial charge in [0.05, 0.1) is 6.61 Å². The number of anilines is 2. The van der Waals surface area contributed by atoms with Crippen LogP contribution in [0.15, 0.2) is 12.1 Å². The maximum absolute atomic E-state index is 13.6. The first-order valence-electron chi connectivity index (χ1n) is 6.11. The van der Waals surface area contributed by atoms with Gasteiger partial charge in [0.2, 0.25) is 0 Å². The molecule has 1 saturated carbocycles. The molecule has 2 N–H and O–H groups in total. The molecule has 0 amide bonds. The molecule has 1 aromatic carbocycles. The Hall–Kier alpha value is -1.36. The molecule has 0 atom stereocenters. The topological polar surface area (TPSA) is 38.5 Å². The lowest BCUT2D eigenvalue weighted by molar-refractivity contribution is 0.130. The van der Waals surface area contributed by atoms with Crippen LogP contribution in [0.3, 0.4) is 0 Å². The molecule has 0 radical (unpaired) electrons. The molecule has 3 nitrogen and oxygen atoms in total. The van der Waals surface area contributed by atoms with E-state index in [0.29, 0.717) is 19.1 Å². The number of nitrogen functional groups attached to an aromatic ring is 1. The zero-order valence-electron chi connectivity index (χ0n) is 10.5. The van der Waals surface area contributed by atoms with E-state index in [2.05, 4.69) is 0 Å². The Morgan fingerprint density at radius 3 is 2.50 bits per heavy atom. The maximum atomic E-state index is 13.6.